The van der Waals surface area contributed by atoms with Crippen molar-refractivity contribution in [2.24, 2.45) is 4.99 Å². The summed E-state index contributed by atoms with van der Waals surface area (Å²) in [7, 11) is 1.67. The summed E-state index contributed by atoms with van der Waals surface area (Å²) in [5.74, 6) is 1.24. The van der Waals surface area contributed by atoms with Gasteiger partial charge in [0, 0.05) is 29.3 Å². The molecule has 0 fully saturated rings. The van der Waals surface area contributed by atoms with Gasteiger partial charge in [-0.1, -0.05) is 40.2 Å². The number of nitrogens with zero attached hydrogens (tertiary/aromatic N) is 1. The van der Waals surface area contributed by atoms with E-state index in [2.05, 4.69) is 36.9 Å². The smallest absolute Gasteiger partial charge is 0.243 e. The van der Waals surface area contributed by atoms with Crippen LogP contribution in [0, 0.1) is 6.92 Å². The number of rotatable bonds is 7. The summed E-state index contributed by atoms with van der Waals surface area (Å²) in [6.07, 6.45) is 0. The molecule has 1 amide bonds. The molecular weight excluding hydrogens is 408 g/mol. The van der Waals surface area contributed by atoms with Crippen molar-refractivity contribution in [1.82, 2.24) is 10.6 Å². The van der Waals surface area contributed by atoms with Gasteiger partial charge in [0.1, 0.15) is 5.75 Å². The van der Waals surface area contributed by atoms with E-state index >= 15 is 0 Å². The fourth-order valence-electron chi connectivity index (χ4n) is 2.43. The molecule has 0 saturated heterocycles. The zero-order valence-electron chi connectivity index (χ0n) is 15.8. The lowest BCUT2D eigenvalue weighted by atomic mass is 10.2. The van der Waals surface area contributed by atoms with E-state index in [1.54, 1.807) is 7.05 Å². The molecule has 0 aliphatic carbocycles. The predicted molar refractivity (Wildman–Crippen MR) is 113 cm³/mol. The van der Waals surface area contributed by atoms with Gasteiger partial charge in [-0.05, 0) is 37.6 Å². The van der Waals surface area contributed by atoms with Crippen molar-refractivity contribution >= 4 is 33.5 Å². The molecule has 2 aromatic carbocycles. The molecule has 3 N–H and O–H groups in total. The normalized spacial score (nSPS) is 11.0. The number of anilines is 1. The van der Waals surface area contributed by atoms with Crippen LogP contribution in [0.1, 0.15) is 18.1 Å². The largest absolute Gasteiger partial charge is 0.494 e. The lowest BCUT2D eigenvalue weighted by Crippen LogP contribution is -2.41. The summed E-state index contributed by atoms with van der Waals surface area (Å²) in [5.41, 5.74) is 2.81. The average molecular weight is 433 g/mol. The zero-order chi connectivity index (χ0) is 19.6. The molecule has 6 nitrogen and oxygen atoms in total. The van der Waals surface area contributed by atoms with E-state index in [9.17, 15) is 4.79 Å². The van der Waals surface area contributed by atoms with Crippen LogP contribution in [0.25, 0.3) is 0 Å². The van der Waals surface area contributed by atoms with Crippen LogP contribution in [0.4, 0.5) is 5.69 Å². The molecule has 2 rings (SSSR count). The third-order valence-electron chi connectivity index (χ3n) is 3.83. The summed E-state index contributed by atoms with van der Waals surface area (Å²) in [5, 5.41) is 9.11. The number of benzene rings is 2. The van der Waals surface area contributed by atoms with E-state index < -0.39 is 0 Å². The molecular formula is C20H25BrN4O2. The number of ether oxygens (including phenoxy) is 1. The van der Waals surface area contributed by atoms with Gasteiger partial charge in [-0.3, -0.25) is 9.79 Å². The van der Waals surface area contributed by atoms with Crippen LogP contribution in [0.15, 0.2) is 51.9 Å². The maximum atomic E-state index is 12.2. The Balaban J connectivity index is 1.87. The third-order valence-corrected chi connectivity index (χ3v) is 4.33. The molecule has 0 radical (unpaired) electrons. The number of hydrogen-bond donors (Lipinski definition) is 3. The van der Waals surface area contributed by atoms with Crippen molar-refractivity contribution in [3.05, 3.63) is 58.1 Å². The molecule has 0 unspecified atom stereocenters. The maximum absolute atomic E-state index is 12.2. The van der Waals surface area contributed by atoms with Gasteiger partial charge in [-0.15, -0.1) is 0 Å². The van der Waals surface area contributed by atoms with E-state index in [1.807, 2.05) is 56.3 Å². The topological polar surface area (TPSA) is 74.8 Å². The van der Waals surface area contributed by atoms with Crippen LogP contribution in [0.3, 0.4) is 0 Å². The average Bonchev–Trinajstić information content (AvgIpc) is 2.66. The van der Waals surface area contributed by atoms with Crippen LogP contribution < -0.4 is 20.7 Å². The fraction of sp³-hybridized carbons (Fsp3) is 0.300. The van der Waals surface area contributed by atoms with Crippen molar-refractivity contribution in [2.75, 3.05) is 25.5 Å². The standard InChI is InChI=1S/C20H25BrN4O2/c1-4-27-18-8-6-5-7-15(18)12-23-20(22-3)24-13-19(26)25-17-11-16(21)10-9-14(17)2/h5-11H,4,12-13H2,1-3H3,(H,25,26)(H2,22,23,24). The highest BCUT2D eigenvalue weighted by Crippen LogP contribution is 2.20. The first kappa shape index (κ1) is 20.8. The molecule has 0 bridgehead atoms. The second kappa shape index (κ2) is 10.6. The first-order valence-electron chi connectivity index (χ1n) is 8.74. The van der Waals surface area contributed by atoms with Crippen LogP contribution in [-0.4, -0.2) is 32.1 Å². The van der Waals surface area contributed by atoms with Crippen molar-refractivity contribution in [3.8, 4) is 5.75 Å². The Hall–Kier alpha value is -2.54. The maximum Gasteiger partial charge on any atom is 0.243 e. The Morgan fingerprint density at radius 3 is 2.70 bits per heavy atom. The number of nitrogens with one attached hydrogen (secondary N) is 3. The predicted octanol–water partition coefficient (Wildman–Crippen LogP) is 3.46. The number of para-hydroxylation sites is 1. The van der Waals surface area contributed by atoms with Crippen molar-refractivity contribution < 1.29 is 9.53 Å². The minimum absolute atomic E-state index is 0.110. The quantitative estimate of drug-likeness (QED) is 0.462. The second-order valence-corrected chi connectivity index (χ2v) is 6.74. The van der Waals surface area contributed by atoms with Crippen molar-refractivity contribution in [1.29, 1.82) is 0 Å². The molecule has 0 heterocycles. The number of halogens is 1. The van der Waals surface area contributed by atoms with Crippen molar-refractivity contribution in [3.63, 3.8) is 0 Å². The fourth-order valence-corrected chi connectivity index (χ4v) is 2.79. The number of hydrogen-bond acceptors (Lipinski definition) is 3. The Morgan fingerprint density at radius 1 is 1.19 bits per heavy atom. The van der Waals surface area contributed by atoms with Crippen LogP contribution in [0.5, 0.6) is 5.75 Å². The van der Waals surface area contributed by atoms with Gasteiger partial charge in [0.2, 0.25) is 5.91 Å². The number of aryl methyl sites for hydroxylation is 1. The highest BCUT2D eigenvalue weighted by molar-refractivity contribution is 9.10. The molecule has 0 spiro atoms. The molecule has 0 saturated carbocycles. The van der Waals surface area contributed by atoms with Crippen molar-refractivity contribution in [2.45, 2.75) is 20.4 Å². The van der Waals surface area contributed by atoms with Gasteiger partial charge < -0.3 is 20.7 Å². The van der Waals surface area contributed by atoms with E-state index in [-0.39, 0.29) is 12.5 Å². The monoisotopic (exact) mass is 432 g/mol. The van der Waals surface area contributed by atoms with E-state index in [0.717, 1.165) is 27.0 Å². The molecule has 0 aromatic heterocycles. The summed E-state index contributed by atoms with van der Waals surface area (Å²) < 4.78 is 6.54. The van der Waals surface area contributed by atoms with Gasteiger partial charge in [-0.25, -0.2) is 0 Å². The molecule has 0 aliphatic heterocycles. The van der Waals surface area contributed by atoms with E-state index in [1.165, 1.54) is 0 Å². The summed E-state index contributed by atoms with van der Waals surface area (Å²) in [6, 6.07) is 13.6. The minimum atomic E-state index is -0.145. The summed E-state index contributed by atoms with van der Waals surface area (Å²) >= 11 is 3.41. The Bertz CT molecular complexity index is 808. The first-order valence-corrected chi connectivity index (χ1v) is 9.54. The lowest BCUT2D eigenvalue weighted by Gasteiger charge is -2.14. The highest BCUT2D eigenvalue weighted by Gasteiger charge is 2.08. The van der Waals surface area contributed by atoms with E-state index in [4.69, 9.17) is 4.74 Å². The minimum Gasteiger partial charge on any atom is -0.494 e. The molecule has 0 atom stereocenters. The van der Waals surface area contributed by atoms with Crippen LogP contribution in [-0.2, 0) is 11.3 Å². The number of carbonyl (C=O) groups is 1. The van der Waals surface area contributed by atoms with Gasteiger partial charge in [0.05, 0.1) is 13.2 Å². The highest BCUT2D eigenvalue weighted by atomic mass is 79.9. The number of amides is 1. The molecule has 0 aliphatic rings. The molecule has 7 heteroatoms. The molecule has 144 valence electrons. The Kier molecular flexibility index (Phi) is 8.13. The van der Waals surface area contributed by atoms with Gasteiger partial charge in [-0.2, -0.15) is 0 Å². The third kappa shape index (κ3) is 6.60. The van der Waals surface area contributed by atoms with Crippen LogP contribution >= 0.6 is 15.9 Å². The first-order chi connectivity index (χ1) is 13.0. The number of carbonyl (C=O) groups excluding carboxylic acids is 1. The van der Waals surface area contributed by atoms with Gasteiger partial charge in [0.15, 0.2) is 5.96 Å². The van der Waals surface area contributed by atoms with Gasteiger partial charge >= 0.3 is 0 Å². The Morgan fingerprint density at radius 2 is 1.96 bits per heavy atom. The number of guanidine groups is 1. The Labute approximate surface area is 168 Å². The summed E-state index contributed by atoms with van der Waals surface area (Å²) in [6.45, 7) is 5.17. The summed E-state index contributed by atoms with van der Waals surface area (Å²) in [4.78, 5) is 16.4. The van der Waals surface area contributed by atoms with Crippen LogP contribution in [0.2, 0.25) is 0 Å². The van der Waals surface area contributed by atoms with Gasteiger partial charge in [0.25, 0.3) is 0 Å². The SMILES string of the molecule is CCOc1ccccc1CNC(=NC)NCC(=O)Nc1cc(Br)ccc1C. The molecule has 2 aromatic rings. The lowest BCUT2D eigenvalue weighted by molar-refractivity contribution is -0.115. The van der Waals surface area contributed by atoms with E-state index in [0.29, 0.717) is 19.1 Å². The second-order valence-electron chi connectivity index (χ2n) is 5.83. The molecule has 27 heavy (non-hydrogen) atoms. The zero-order valence-corrected chi connectivity index (χ0v) is 17.4. The number of aliphatic imine (C=N–C) groups is 1.